The molecule has 3 rings (SSSR count). The summed E-state index contributed by atoms with van der Waals surface area (Å²) in [7, 11) is 0. The fraction of sp³-hybridized carbons (Fsp3) is 0.308. The van der Waals surface area contributed by atoms with E-state index in [4.69, 9.17) is 0 Å². The minimum atomic E-state index is -0.421. The van der Waals surface area contributed by atoms with Crippen molar-refractivity contribution in [3.05, 3.63) is 33.7 Å². The van der Waals surface area contributed by atoms with Gasteiger partial charge in [-0.05, 0) is 24.4 Å². The van der Waals surface area contributed by atoms with E-state index >= 15 is 0 Å². The largest absolute Gasteiger partial charge is 0.492 e. The van der Waals surface area contributed by atoms with E-state index < -0.39 is 5.56 Å². The van der Waals surface area contributed by atoms with Crippen molar-refractivity contribution in [3.8, 4) is 10.9 Å². The Bertz CT molecular complexity index is 890. The van der Waals surface area contributed by atoms with Crippen molar-refractivity contribution < 1.29 is 5.11 Å². The minimum Gasteiger partial charge on any atom is -0.492 e. The average Bonchev–Trinajstić information content (AvgIpc) is 3.26. The molecule has 3 aromatic rings. The number of hydrogen-bond acceptors (Lipinski definition) is 8. The van der Waals surface area contributed by atoms with Crippen LogP contribution in [0.2, 0.25) is 0 Å². The third kappa shape index (κ3) is 2.82. The van der Waals surface area contributed by atoms with E-state index in [9.17, 15) is 9.90 Å². The third-order valence-corrected chi connectivity index (χ3v) is 4.60. The standard InChI is InChI=1S/C13H14N6O2S2/c1-3-8-14-13(23-17-8)16-15-10-11(20)18(4-2)19(12(10)21)9-6-5-7-22-9/h5-7,20H,3-4H2,1-2H3. The molecule has 8 nitrogen and oxygen atoms in total. The summed E-state index contributed by atoms with van der Waals surface area (Å²) >= 11 is 2.50. The first-order chi connectivity index (χ1) is 11.2. The number of azo groups is 1. The zero-order valence-electron chi connectivity index (χ0n) is 12.5. The van der Waals surface area contributed by atoms with Gasteiger partial charge in [-0.3, -0.25) is 4.79 Å². The maximum Gasteiger partial charge on any atom is 0.304 e. The van der Waals surface area contributed by atoms with Crippen LogP contribution in [0.25, 0.3) is 5.00 Å². The molecule has 0 amide bonds. The van der Waals surface area contributed by atoms with E-state index in [1.165, 1.54) is 20.7 Å². The predicted octanol–water partition coefficient (Wildman–Crippen LogP) is 3.26. The van der Waals surface area contributed by atoms with Crippen molar-refractivity contribution in [2.75, 3.05) is 0 Å². The highest BCUT2D eigenvalue weighted by Gasteiger charge is 2.20. The van der Waals surface area contributed by atoms with Crippen LogP contribution in [-0.2, 0) is 13.0 Å². The van der Waals surface area contributed by atoms with Gasteiger partial charge >= 0.3 is 5.56 Å². The van der Waals surface area contributed by atoms with Crippen molar-refractivity contribution >= 4 is 33.7 Å². The van der Waals surface area contributed by atoms with Crippen LogP contribution < -0.4 is 5.56 Å². The molecule has 23 heavy (non-hydrogen) atoms. The molecule has 0 unspecified atom stereocenters. The Morgan fingerprint density at radius 2 is 2.17 bits per heavy atom. The van der Waals surface area contributed by atoms with Crippen LogP contribution in [0.1, 0.15) is 19.7 Å². The summed E-state index contributed by atoms with van der Waals surface area (Å²) in [5.41, 5.74) is -0.524. The molecule has 0 aliphatic rings. The number of hydrogen-bond donors (Lipinski definition) is 1. The summed E-state index contributed by atoms with van der Waals surface area (Å²) in [4.78, 5) is 16.7. The number of aromatic hydroxyl groups is 1. The Labute approximate surface area is 139 Å². The summed E-state index contributed by atoms with van der Waals surface area (Å²) in [5.74, 6) is 0.463. The molecule has 120 valence electrons. The summed E-state index contributed by atoms with van der Waals surface area (Å²) < 4.78 is 6.95. The normalized spacial score (nSPS) is 11.6. The first-order valence-electron chi connectivity index (χ1n) is 6.98. The van der Waals surface area contributed by atoms with Crippen LogP contribution in [0.5, 0.6) is 5.88 Å². The molecule has 0 radical (unpaired) electrons. The van der Waals surface area contributed by atoms with Crippen LogP contribution in [-0.4, -0.2) is 23.8 Å². The quantitative estimate of drug-likeness (QED) is 0.714. The van der Waals surface area contributed by atoms with Gasteiger partial charge in [0.15, 0.2) is 0 Å². The predicted molar refractivity (Wildman–Crippen MR) is 88.7 cm³/mol. The van der Waals surface area contributed by atoms with Gasteiger partial charge in [-0.15, -0.1) is 21.6 Å². The monoisotopic (exact) mass is 350 g/mol. The maximum absolute atomic E-state index is 12.6. The summed E-state index contributed by atoms with van der Waals surface area (Å²) in [6.45, 7) is 4.20. The van der Waals surface area contributed by atoms with E-state index in [0.29, 0.717) is 28.9 Å². The smallest absolute Gasteiger partial charge is 0.304 e. The summed E-state index contributed by atoms with van der Waals surface area (Å²) in [6.07, 6.45) is 0.703. The number of nitrogens with zero attached hydrogens (tertiary/aromatic N) is 6. The SMILES string of the molecule is CCc1nsc(N=Nc2c(O)n(CC)n(-c3cccs3)c2=O)n1. The molecule has 0 saturated heterocycles. The van der Waals surface area contributed by atoms with Crippen LogP contribution >= 0.6 is 22.9 Å². The van der Waals surface area contributed by atoms with Crippen LogP contribution in [0, 0.1) is 0 Å². The van der Waals surface area contributed by atoms with Gasteiger partial charge in [0.05, 0.1) is 0 Å². The molecule has 0 bridgehead atoms. The van der Waals surface area contributed by atoms with Crippen molar-refractivity contribution in [1.29, 1.82) is 0 Å². The Hall–Kier alpha value is -2.33. The molecular weight excluding hydrogens is 336 g/mol. The fourth-order valence-corrected chi connectivity index (χ4v) is 3.35. The Morgan fingerprint density at radius 3 is 2.78 bits per heavy atom. The Balaban J connectivity index is 2.04. The molecular formula is C13H14N6O2S2. The molecule has 0 fully saturated rings. The number of thiophene rings is 1. The lowest BCUT2D eigenvalue weighted by molar-refractivity contribution is 0.392. The average molecular weight is 350 g/mol. The lowest BCUT2D eigenvalue weighted by Crippen LogP contribution is -2.19. The molecule has 1 N–H and O–H groups in total. The van der Waals surface area contributed by atoms with Crippen LogP contribution in [0.4, 0.5) is 10.8 Å². The Morgan fingerprint density at radius 1 is 1.35 bits per heavy atom. The van der Waals surface area contributed by atoms with Gasteiger partial charge in [-0.25, -0.2) is 14.3 Å². The maximum atomic E-state index is 12.6. The highest BCUT2D eigenvalue weighted by molar-refractivity contribution is 7.12. The topological polar surface area (TPSA) is 97.7 Å². The molecule has 10 heteroatoms. The molecule has 0 aromatic carbocycles. The van der Waals surface area contributed by atoms with Crippen molar-refractivity contribution in [2.45, 2.75) is 26.8 Å². The zero-order valence-corrected chi connectivity index (χ0v) is 14.1. The molecule has 3 heterocycles. The molecule has 0 spiro atoms. The van der Waals surface area contributed by atoms with E-state index in [2.05, 4.69) is 19.6 Å². The lowest BCUT2D eigenvalue weighted by atomic mass is 10.5. The molecule has 0 saturated carbocycles. The van der Waals surface area contributed by atoms with E-state index in [-0.39, 0.29) is 11.6 Å². The third-order valence-electron chi connectivity index (χ3n) is 3.12. The van der Waals surface area contributed by atoms with Crippen molar-refractivity contribution in [2.24, 2.45) is 10.2 Å². The van der Waals surface area contributed by atoms with Gasteiger partial charge in [0.25, 0.3) is 0 Å². The lowest BCUT2D eigenvalue weighted by Gasteiger charge is -2.06. The molecule has 0 aliphatic heterocycles. The van der Waals surface area contributed by atoms with Gasteiger partial charge < -0.3 is 5.11 Å². The fourth-order valence-electron chi connectivity index (χ4n) is 2.03. The first kappa shape index (κ1) is 15.6. The summed E-state index contributed by atoms with van der Waals surface area (Å²) in [5, 5.41) is 21.0. The second-order valence-corrected chi connectivity index (χ2v) is 6.16. The van der Waals surface area contributed by atoms with Gasteiger partial charge in [-0.2, -0.15) is 4.37 Å². The highest BCUT2D eigenvalue weighted by atomic mass is 32.1. The molecule has 0 atom stereocenters. The van der Waals surface area contributed by atoms with E-state index in [1.54, 1.807) is 6.07 Å². The minimum absolute atomic E-state index is 0.103. The number of aryl methyl sites for hydroxylation is 1. The van der Waals surface area contributed by atoms with Gasteiger partial charge in [0, 0.05) is 24.5 Å². The first-order valence-corrected chi connectivity index (χ1v) is 8.64. The zero-order chi connectivity index (χ0) is 16.4. The van der Waals surface area contributed by atoms with Crippen molar-refractivity contribution in [3.63, 3.8) is 0 Å². The van der Waals surface area contributed by atoms with E-state index in [1.807, 2.05) is 25.3 Å². The highest BCUT2D eigenvalue weighted by Crippen LogP contribution is 2.28. The number of aromatic nitrogens is 4. The van der Waals surface area contributed by atoms with Gasteiger partial charge in [0.2, 0.25) is 16.7 Å². The molecule has 3 aromatic heterocycles. The second-order valence-electron chi connectivity index (χ2n) is 4.50. The summed E-state index contributed by atoms with van der Waals surface area (Å²) in [6, 6.07) is 3.64. The Kier molecular flexibility index (Phi) is 4.35. The van der Waals surface area contributed by atoms with Gasteiger partial charge in [-0.1, -0.05) is 6.92 Å². The van der Waals surface area contributed by atoms with E-state index in [0.717, 1.165) is 11.5 Å². The van der Waals surface area contributed by atoms with Crippen LogP contribution in [0.3, 0.4) is 0 Å². The number of rotatable bonds is 5. The second kappa shape index (κ2) is 6.42. The van der Waals surface area contributed by atoms with Crippen LogP contribution in [0.15, 0.2) is 32.5 Å². The van der Waals surface area contributed by atoms with Crippen molar-refractivity contribution in [1.82, 2.24) is 18.7 Å². The van der Waals surface area contributed by atoms with Gasteiger partial charge in [0.1, 0.15) is 10.8 Å². The molecule has 0 aliphatic carbocycles.